The summed E-state index contributed by atoms with van der Waals surface area (Å²) < 4.78 is 15.7. The average molecular weight is 530 g/mol. The van der Waals surface area contributed by atoms with Crippen LogP contribution >= 0.6 is 24.0 Å². The fraction of sp³-hybridized carbons (Fsp3) is 0.429. The van der Waals surface area contributed by atoms with Crippen LogP contribution in [0.2, 0.25) is 0 Å². The van der Waals surface area contributed by atoms with Crippen LogP contribution in [-0.4, -0.2) is 45.3 Å². The number of ether oxygens (including phenoxy) is 2. The van der Waals surface area contributed by atoms with Crippen LogP contribution in [0.1, 0.15) is 24.7 Å². The van der Waals surface area contributed by atoms with Crippen LogP contribution in [-0.2, 0) is 22.6 Å². The lowest BCUT2D eigenvalue weighted by Gasteiger charge is -2.13. The number of benzene rings is 1. The first kappa shape index (κ1) is 25.8. The van der Waals surface area contributed by atoms with Crippen LogP contribution < -0.4 is 20.7 Å². The SMILES string of the molecule is CCOCCCNC(=NCc1ccc(OC)cc1)NCC(=O)NCc1ccco1.I. The Bertz CT molecular complexity index is 736. The largest absolute Gasteiger partial charge is 0.497 e. The van der Waals surface area contributed by atoms with E-state index in [1.165, 1.54) is 0 Å². The number of amides is 1. The molecule has 3 N–H and O–H groups in total. The number of nitrogens with zero attached hydrogens (tertiary/aromatic N) is 1. The number of halogens is 1. The van der Waals surface area contributed by atoms with Gasteiger partial charge in [0.05, 0.1) is 33.0 Å². The molecule has 0 unspecified atom stereocenters. The predicted molar refractivity (Wildman–Crippen MR) is 127 cm³/mol. The Morgan fingerprint density at radius 3 is 2.60 bits per heavy atom. The van der Waals surface area contributed by atoms with Crippen molar-refractivity contribution in [2.45, 2.75) is 26.4 Å². The monoisotopic (exact) mass is 530 g/mol. The molecule has 0 fully saturated rings. The lowest BCUT2D eigenvalue weighted by Crippen LogP contribution is -2.43. The Morgan fingerprint density at radius 1 is 1.13 bits per heavy atom. The molecule has 166 valence electrons. The van der Waals surface area contributed by atoms with Crippen molar-refractivity contribution in [2.75, 3.05) is 33.4 Å². The second-order valence-electron chi connectivity index (χ2n) is 6.20. The Kier molecular flexibility index (Phi) is 13.4. The number of hydrogen-bond donors (Lipinski definition) is 3. The van der Waals surface area contributed by atoms with Gasteiger partial charge >= 0.3 is 0 Å². The molecular weight excluding hydrogens is 499 g/mol. The quantitative estimate of drug-likeness (QED) is 0.169. The first-order chi connectivity index (χ1) is 14.2. The molecule has 0 aliphatic heterocycles. The van der Waals surface area contributed by atoms with Gasteiger partial charge in [-0.3, -0.25) is 4.79 Å². The van der Waals surface area contributed by atoms with E-state index in [0.29, 0.717) is 44.6 Å². The minimum atomic E-state index is -0.144. The fourth-order valence-electron chi connectivity index (χ4n) is 2.43. The average Bonchev–Trinajstić information content (AvgIpc) is 3.27. The first-order valence-corrected chi connectivity index (χ1v) is 9.73. The molecule has 0 saturated heterocycles. The zero-order chi connectivity index (χ0) is 20.7. The highest BCUT2D eigenvalue weighted by molar-refractivity contribution is 14.0. The Hall–Kier alpha value is -2.27. The number of rotatable bonds is 12. The van der Waals surface area contributed by atoms with E-state index in [2.05, 4.69) is 20.9 Å². The number of guanidine groups is 1. The van der Waals surface area contributed by atoms with Gasteiger partial charge in [-0.2, -0.15) is 0 Å². The topological polar surface area (TPSA) is 97.1 Å². The second-order valence-corrected chi connectivity index (χ2v) is 6.20. The van der Waals surface area contributed by atoms with Gasteiger partial charge in [0.25, 0.3) is 0 Å². The van der Waals surface area contributed by atoms with Crippen LogP contribution in [0.4, 0.5) is 0 Å². The van der Waals surface area contributed by atoms with Gasteiger partial charge < -0.3 is 29.8 Å². The molecule has 1 aromatic heterocycles. The highest BCUT2D eigenvalue weighted by atomic mass is 127. The van der Waals surface area contributed by atoms with Gasteiger partial charge in [0.15, 0.2) is 5.96 Å². The minimum Gasteiger partial charge on any atom is -0.497 e. The summed E-state index contributed by atoms with van der Waals surface area (Å²) in [5, 5.41) is 9.10. The van der Waals surface area contributed by atoms with Gasteiger partial charge in [-0.05, 0) is 43.2 Å². The molecule has 1 heterocycles. The molecule has 2 rings (SSSR count). The summed E-state index contributed by atoms with van der Waals surface area (Å²) in [5.41, 5.74) is 1.04. The van der Waals surface area contributed by atoms with Gasteiger partial charge in [0.1, 0.15) is 11.5 Å². The number of carbonyl (C=O) groups excluding carboxylic acids is 1. The molecule has 0 atom stereocenters. The zero-order valence-electron chi connectivity index (χ0n) is 17.5. The third-order valence-corrected chi connectivity index (χ3v) is 4.00. The summed E-state index contributed by atoms with van der Waals surface area (Å²) in [6.45, 7) is 5.00. The van der Waals surface area contributed by atoms with E-state index in [9.17, 15) is 4.79 Å². The van der Waals surface area contributed by atoms with E-state index in [1.807, 2.05) is 37.3 Å². The third kappa shape index (κ3) is 10.5. The van der Waals surface area contributed by atoms with Crippen molar-refractivity contribution in [1.82, 2.24) is 16.0 Å². The molecule has 9 heteroatoms. The van der Waals surface area contributed by atoms with Crippen molar-refractivity contribution in [1.29, 1.82) is 0 Å². The van der Waals surface area contributed by atoms with Gasteiger partial charge in [-0.25, -0.2) is 4.99 Å². The smallest absolute Gasteiger partial charge is 0.239 e. The Morgan fingerprint density at radius 2 is 1.93 bits per heavy atom. The third-order valence-electron chi connectivity index (χ3n) is 4.00. The summed E-state index contributed by atoms with van der Waals surface area (Å²) in [4.78, 5) is 16.6. The maximum absolute atomic E-state index is 12.1. The molecular formula is C21H31IN4O4. The summed E-state index contributed by atoms with van der Waals surface area (Å²) in [6, 6.07) is 11.3. The molecule has 30 heavy (non-hydrogen) atoms. The molecule has 0 aliphatic rings. The maximum Gasteiger partial charge on any atom is 0.239 e. The van der Waals surface area contributed by atoms with Crippen molar-refractivity contribution in [3.8, 4) is 5.75 Å². The van der Waals surface area contributed by atoms with Crippen LogP contribution in [0, 0.1) is 0 Å². The standard InChI is InChI=1S/C21H30N4O4.HI/c1-3-28-12-5-11-22-21(24-14-17-7-9-18(27-2)10-8-17)25-16-20(26)23-15-19-6-4-13-29-19;/h4,6-10,13H,3,5,11-12,14-16H2,1-2H3,(H,23,26)(H2,22,24,25);1H. The van der Waals surface area contributed by atoms with E-state index in [4.69, 9.17) is 13.9 Å². The van der Waals surface area contributed by atoms with Crippen LogP contribution in [0.25, 0.3) is 0 Å². The minimum absolute atomic E-state index is 0. The number of nitrogens with one attached hydrogen (secondary N) is 3. The van der Waals surface area contributed by atoms with Crippen LogP contribution in [0.5, 0.6) is 5.75 Å². The molecule has 0 aliphatic carbocycles. The van der Waals surface area contributed by atoms with Gasteiger partial charge in [0, 0.05) is 19.8 Å². The molecule has 1 aromatic carbocycles. The number of aliphatic imine (C=N–C) groups is 1. The van der Waals surface area contributed by atoms with Gasteiger partial charge in [-0.15, -0.1) is 24.0 Å². The molecule has 0 bridgehead atoms. The first-order valence-electron chi connectivity index (χ1n) is 9.73. The lowest BCUT2D eigenvalue weighted by molar-refractivity contribution is -0.120. The highest BCUT2D eigenvalue weighted by Gasteiger charge is 2.05. The van der Waals surface area contributed by atoms with E-state index in [1.54, 1.807) is 19.4 Å². The second kappa shape index (κ2) is 15.6. The molecule has 2 aromatic rings. The van der Waals surface area contributed by atoms with E-state index in [-0.39, 0.29) is 36.4 Å². The van der Waals surface area contributed by atoms with Crippen LogP contribution in [0.3, 0.4) is 0 Å². The lowest BCUT2D eigenvalue weighted by atomic mass is 10.2. The van der Waals surface area contributed by atoms with E-state index >= 15 is 0 Å². The number of hydrogen-bond acceptors (Lipinski definition) is 5. The van der Waals surface area contributed by atoms with Crippen molar-refractivity contribution in [3.63, 3.8) is 0 Å². The highest BCUT2D eigenvalue weighted by Crippen LogP contribution is 2.11. The van der Waals surface area contributed by atoms with Gasteiger partial charge in [0.2, 0.25) is 5.91 Å². The summed E-state index contributed by atoms with van der Waals surface area (Å²) in [5.74, 6) is 1.94. The van der Waals surface area contributed by atoms with Crippen molar-refractivity contribution in [3.05, 3.63) is 54.0 Å². The van der Waals surface area contributed by atoms with Crippen molar-refractivity contribution in [2.24, 2.45) is 4.99 Å². The maximum atomic E-state index is 12.1. The zero-order valence-corrected chi connectivity index (χ0v) is 19.8. The molecule has 0 radical (unpaired) electrons. The summed E-state index contributed by atoms with van der Waals surface area (Å²) in [6.07, 6.45) is 2.43. The predicted octanol–water partition coefficient (Wildman–Crippen LogP) is 2.68. The Balaban J connectivity index is 0.00000450. The number of carbonyl (C=O) groups is 1. The molecule has 1 amide bonds. The normalized spacial score (nSPS) is 10.8. The van der Waals surface area contributed by atoms with Crippen molar-refractivity contribution >= 4 is 35.8 Å². The van der Waals surface area contributed by atoms with E-state index in [0.717, 1.165) is 17.7 Å². The Labute approximate surface area is 194 Å². The van der Waals surface area contributed by atoms with Crippen molar-refractivity contribution < 1.29 is 18.7 Å². The van der Waals surface area contributed by atoms with Crippen LogP contribution in [0.15, 0.2) is 52.1 Å². The summed E-state index contributed by atoms with van der Waals surface area (Å²) in [7, 11) is 1.64. The molecule has 0 spiro atoms. The fourth-order valence-corrected chi connectivity index (χ4v) is 2.43. The number of methoxy groups -OCH3 is 1. The van der Waals surface area contributed by atoms with E-state index < -0.39 is 0 Å². The molecule has 0 saturated carbocycles. The number of furan rings is 1. The molecule has 8 nitrogen and oxygen atoms in total. The summed E-state index contributed by atoms with van der Waals surface area (Å²) >= 11 is 0. The van der Waals surface area contributed by atoms with Gasteiger partial charge in [-0.1, -0.05) is 12.1 Å².